The molecule has 6 heteroatoms. The van der Waals surface area contributed by atoms with E-state index in [4.69, 9.17) is 4.74 Å². The Morgan fingerprint density at radius 2 is 1.62 bits per heavy atom. The molecule has 164 valence electrons. The Balaban J connectivity index is 1.15. The summed E-state index contributed by atoms with van der Waals surface area (Å²) in [6, 6.07) is 20.2. The second-order valence-electron chi connectivity index (χ2n) is 8.26. The van der Waals surface area contributed by atoms with E-state index in [9.17, 15) is 9.59 Å². The maximum absolute atomic E-state index is 13.1. The van der Waals surface area contributed by atoms with Gasteiger partial charge in [0.05, 0.1) is 4.88 Å². The van der Waals surface area contributed by atoms with Crippen molar-refractivity contribution in [3.05, 3.63) is 76.7 Å². The fourth-order valence-electron chi connectivity index (χ4n) is 4.37. The average molecular weight is 447 g/mol. The summed E-state index contributed by atoms with van der Waals surface area (Å²) in [5.74, 6) is 1.12. The molecule has 0 radical (unpaired) electrons. The molecule has 2 aromatic carbocycles. The van der Waals surface area contributed by atoms with Gasteiger partial charge < -0.3 is 14.5 Å². The number of piperazine rings is 1. The van der Waals surface area contributed by atoms with Gasteiger partial charge in [0, 0.05) is 48.6 Å². The molecule has 0 N–H and O–H groups in total. The van der Waals surface area contributed by atoms with Crippen LogP contribution in [-0.4, -0.2) is 47.8 Å². The normalized spacial score (nSPS) is 15.0. The zero-order valence-corrected chi connectivity index (χ0v) is 18.8. The van der Waals surface area contributed by atoms with Gasteiger partial charge in [-0.15, -0.1) is 11.3 Å². The lowest BCUT2D eigenvalue weighted by molar-refractivity contribution is -0.132. The van der Waals surface area contributed by atoms with Crippen LogP contribution in [0, 0.1) is 0 Å². The summed E-state index contributed by atoms with van der Waals surface area (Å²) in [7, 11) is 0. The Kier molecular flexibility index (Phi) is 5.95. The van der Waals surface area contributed by atoms with Crippen LogP contribution in [0.5, 0.6) is 5.75 Å². The zero-order valence-electron chi connectivity index (χ0n) is 18.0. The van der Waals surface area contributed by atoms with Gasteiger partial charge in [-0.2, -0.15) is 0 Å². The predicted octanol–water partition coefficient (Wildman–Crippen LogP) is 4.61. The first kappa shape index (κ1) is 20.8. The number of carbonyl (C=O) groups excluding carboxylic acids is 2. The fraction of sp³-hybridized carbons (Fsp3) is 0.308. The number of nitrogens with zero attached hydrogens (tertiary/aromatic N) is 2. The van der Waals surface area contributed by atoms with Crippen LogP contribution in [0.3, 0.4) is 0 Å². The van der Waals surface area contributed by atoms with Crippen molar-refractivity contribution in [2.75, 3.05) is 26.2 Å². The number of hydrogen-bond acceptors (Lipinski definition) is 4. The number of para-hydroxylation sites is 1. The van der Waals surface area contributed by atoms with Crippen LogP contribution in [-0.2, 0) is 17.8 Å². The van der Waals surface area contributed by atoms with E-state index in [1.165, 1.54) is 5.56 Å². The van der Waals surface area contributed by atoms with Gasteiger partial charge in [0.25, 0.3) is 5.91 Å². The van der Waals surface area contributed by atoms with Gasteiger partial charge in [-0.3, -0.25) is 9.59 Å². The molecule has 1 saturated heterocycles. The van der Waals surface area contributed by atoms with E-state index < -0.39 is 0 Å². The van der Waals surface area contributed by atoms with Gasteiger partial charge in [0.2, 0.25) is 5.91 Å². The number of hydrogen-bond donors (Lipinski definition) is 0. The maximum Gasteiger partial charge on any atom is 0.264 e. The first-order valence-corrected chi connectivity index (χ1v) is 12.0. The van der Waals surface area contributed by atoms with Crippen LogP contribution in [0.25, 0.3) is 10.4 Å². The summed E-state index contributed by atoms with van der Waals surface area (Å²) in [5, 5.41) is 0. The van der Waals surface area contributed by atoms with Crippen LogP contribution < -0.4 is 4.74 Å². The topological polar surface area (TPSA) is 49.9 Å². The third kappa shape index (κ3) is 4.28. The van der Waals surface area contributed by atoms with Crippen molar-refractivity contribution in [1.82, 2.24) is 9.80 Å². The average Bonchev–Trinajstić information content (AvgIpc) is 3.29. The molecule has 0 atom stereocenters. The third-order valence-corrected chi connectivity index (χ3v) is 7.35. The number of carbonyl (C=O) groups is 2. The lowest BCUT2D eigenvalue weighted by Gasteiger charge is -2.34. The molecule has 0 unspecified atom stereocenters. The quantitative estimate of drug-likeness (QED) is 0.575. The molecule has 0 saturated carbocycles. The maximum atomic E-state index is 13.1. The standard InChI is InChI=1S/C26H26N2O3S/c29-24(12-6-9-19-7-2-1-3-8-19)27-13-15-28(16-14-27)26(30)23-17-20-18-31-22-11-5-4-10-21(22)25(20)32-23/h1-5,7-8,10-11,17H,6,9,12-16,18H2. The number of amides is 2. The van der Waals surface area contributed by atoms with Gasteiger partial charge >= 0.3 is 0 Å². The summed E-state index contributed by atoms with van der Waals surface area (Å²) >= 11 is 1.54. The summed E-state index contributed by atoms with van der Waals surface area (Å²) in [4.78, 5) is 31.4. The van der Waals surface area contributed by atoms with Crippen molar-refractivity contribution >= 4 is 23.2 Å². The lowest BCUT2D eigenvalue weighted by atomic mass is 10.1. The van der Waals surface area contributed by atoms with E-state index in [1.807, 2.05) is 58.3 Å². The first-order chi connectivity index (χ1) is 15.7. The fourth-order valence-corrected chi connectivity index (χ4v) is 5.53. The number of benzene rings is 2. The van der Waals surface area contributed by atoms with Crippen LogP contribution in [0.2, 0.25) is 0 Å². The highest BCUT2D eigenvalue weighted by molar-refractivity contribution is 7.17. The Morgan fingerprint density at radius 1 is 0.906 bits per heavy atom. The number of fused-ring (bicyclic) bond motifs is 3. The highest BCUT2D eigenvalue weighted by atomic mass is 32.1. The monoisotopic (exact) mass is 446 g/mol. The predicted molar refractivity (Wildman–Crippen MR) is 126 cm³/mol. The van der Waals surface area contributed by atoms with E-state index in [0.29, 0.717) is 39.2 Å². The molecule has 1 fully saturated rings. The Bertz CT molecular complexity index is 1120. The molecule has 0 bridgehead atoms. The van der Waals surface area contributed by atoms with Crippen molar-refractivity contribution in [3.8, 4) is 16.2 Å². The van der Waals surface area contributed by atoms with Gasteiger partial charge in [-0.1, -0.05) is 42.5 Å². The van der Waals surface area contributed by atoms with E-state index in [0.717, 1.165) is 39.5 Å². The largest absolute Gasteiger partial charge is 0.488 e. The van der Waals surface area contributed by atoms with Crippen LogP contribution in [0.1, 0.15) is 33.6 Å². The van der Waals surface area contributed by atoms with E-state index in [-0.39, 0.29) is 11.8 Å². The molecule has 5 nitrogen and oxygen atoms in total. The molecule has 2 amide bonds. The molecular weight excluding hydrogens is 420 g/mol. The summed E-state index contributed by atoms with van der Waals surface area (Å²) in [6.07, 6.45) is 2.33. The second-order valence-corrected chi connectivity index (χ2v) is 9.31. The van der Waals surface area contributed by atoms with Crippen LogP contribution in [0.4, 0.5) is 0 Å². The summed E-state index contributed by atoms with van der Waals surface area (Å²) in [6.45, 7) is 2.87. The second kappa shape index (κ2) is 9.17. The molecule has 0 spiro atoms. The summed E-state index contributed by atoms with van der Waals surface area (Å²) in [5.41, 5.74) is 3.40. The van der Waals surface area contributed by atoms with Crippen molar-refractivity contribution in [1.29, 1.82) is 0 Å². The SMILES string of the molecule is O=C(CCCc1ccccc1)N1CCN(C(=O)c2cc3c(s2)-c2ccccc2OC3)CC1. The number of thiophene rings is 1. The van der Waals surface area contributed by atoms with E-state index in [1.54, 1.807) is 11.3 Å². The molecule has 3 aromatic rings. The first-order valence-electron chi connectivity index (χ1n) is 11.1. The Morgan fingerprint density at radius 3 is 2.44 bits per heavy atom. The molecule has 3 heterocycles. The molecule has 2 aliphatic rings. The highest BCUT2D eigenvalue weighted by Crippen LogP contribution is 2.42. The molecule has 1 aromatic heterocycles. The van der Waals surface area contributed by atoms with E-state index >= 15 is 0 Å². The summed E-state index contributed by atoms with van der Waals surface area (Å²) < 4.78 is 5.83. The highest BCUT2D eigenvalue weighted by Gasteiger charge is 2.28. The minimum absolute atomic E-state index is 0.0538. The van der Waals surface area contributed by atoms with Crippen molar-refractivity contribution in [2.45, 2.75) is 25.9 Å². The van der Waals surface area contributed by atoms with Gasteiger partial charge in [0.15, 0.2) is 0 Å². The van der Waals surface area contributed by atoms with E-state index in [2.05, 4.69) is 12.1 Å². The van der Waals surface area contributed by atoms with Crippen molar-refractivity contribution < 1.29 is 14.3 Å². The molecule has 32 heavy (non-hydrogen) atoms. The minimum Gasteiger partial charge on any atom is -0.488 e. The zero-order chi connectivity index (χ0) is 21.9. The number of aryl methyl sites for hydroxylation is 1. The van der Waals surface area contributed by atoms with Crippen LogP contribution >= 0.6 is 11.3 Å². The molecule has 2 aliphatic heterocycles. The molecule has 0 aliphatic carbocycles. The number of ether oxygens (including phenoxy) is 1. The van der Waals surface area contributed by atoms with Crippen LogP contribution in [0.15, 0.2) is 60.7 Å². The smallest absolute Gasteiger partial charge is 0.264 e. The van der Waals surface area contributed by atoms with Crippen molar-refractivity contribution in [3.63, 3.8) is 0 Å². The Labute approximate surface area is 192 Å². The minimum atomic E-state index is 0.0538. The lowest BCUT2D eigenvalue weighted by Crippen LogP contribution is -2.50. The van der Waals surface area contributed by atoms with Gasteiger partial charge in [-0.25, -0.2) is 0 Å². The van der Waals surface area contributed by atoms with Crippen molar-refractivity contribution in [2.24, 2.45) is 0 Å². The number of rotatable bonds is 5. The molecular formula is C26H26N2O3S. The Hall–Kier alpha value is -3.12. The third-order valence-electron chi connectivity index (χ3n) is 6.15. The van der Waals surface area contributed by atoms with Gasteiger partial charge in [-0.05, 0) is 36.6 Å². The van der Waals surface area contributed by atoms with Gasteiger partial charge in [0.1, 0.15) is 12.4 Å². The molecule has 5 rings (SSSR count).